The van der Waals surface area contributed by atoms with E-state index in [4.69, 9.17) is 4.74 Å². The van der Waals surface area contributed by atoms with E-state index in [1.807, 2.05) is 27.9 Å². The predicted octanol–water partition coefficient (Wildman–Crippen LogP) is 2.03. The zero-order valence-electron chi connectivity index (χ0n) is 14.1. The van der Waals surface area contributed by atoms with E-state index in [-0.39, 0.29) is 4.90 Å². The lowest BCUT2D eigenvalue weighted by atomic mass is 10.1. The summed E-state index contributed by atoms with van der Waals surface area (Å²) in [6.07, 6.45) is 1.72. The highest BCUT2D eigenvalue weighted by Gasteiger charge is 2.32. The maximum absolute atomic E-state index is 12.9. The van der Waals surface area contributed by atoms with Crippen LogP contribution in [0.4, 0.5) is 0 Å². The summed E-state index contributed by atoms with van der Waals surface area (Å²) in [6, 6.07) is 3.98. The third-order valence-corrected chi connectivity index (χ3v) is 6.47. The number of hydrogen-bond donors (Lipinski definition) is 0. The third kappa shape index (κ3) is 3.29. The zero-order valence-corrected chi connectivity index (χ0v) is 14.9. The minimum Gasteiger partial charge on any atom is -0.495 e. The van der Waals surface area contributed by atoms with Crippen molar-refractivity contribution in [3.63, 3.8) is 0 Å². The van der Waals surface area contributed by atoms with Gasteiger partial charge in [-0.05, 0) is 64.0 Å². The minimum atomic E-state index is -3.50. The lowest BCUT2D eigenvalue weighted by Gasteiger charge is -2.34. The van der Waals surface area contributed by atoms with Crippen LogP contribution in [0, 0.1) is 13.8 Å². The van der Waals surface area contributed by atoms with Crippen LogP contribution in [0.25, 0.3) is 0 Å². The number of methoxy groups -OCH3 is 1. The van der Waals surface area contributed by atoms with Gasteiger partial charge >= 0.3 is 0 Å². The standard InChI is InChI=1S/C16H26N2O3S/c1-12-10-15(21-5)16(11-13(12)2)22(19,20)18-8-6-14(7-9-18)17(3)4/h10-11,14H,6-9H2,1-5H3. The van der Waals surface area contributed by atoms with E-state index in [1.54, 1.807) is 16.4 Å². The Morgan fingerprint density at radius 1 is 1.14 bits per heavy atom. The molecule has 1 fully saturated rings. The van der Waals surface area contributed by atoms with Gasteiger partial charge in [0.05, 0.1) is 7.11 Å². The van der Waals surface area contributed by atoms with Crippen molar-refractivity contribution in [2.75, 3.05) is 34.3 Å². The van der Waals surface area contributed by atoms with Gasteiger partial charge in [-0.3, -0.25) is 0 Å². The van der Waals surface area contributed by atoms with Crippen LogP contribution in [0.1, 0.15) is 24.0 Å². The normalized spacial score (nSPS) is 17.9. The Morgan fingerprint density at radius 2 is 1.68 bits per heavy atom. The van der Waals surface area contributed by atoms with Gasteiger partial charge in [0.2, 0.25) is 10.0 Å². The lowest BCUT2D eigenvalue weighted by Crippen LogP contribution is -2.44. The van der Waals surface area contributed by atoms with Crippen LogP contribution in [0.15, 0.2) is 17.0 Å². The first-order valence-electron chi connectivity index (χ1n) is 7.59. The molecule has 22 heavy (non-hydrogen) atoms. The quantitative estimate of drug-likeness (QED) is 0.849. The molecule has 1 saturated heterocycles. The summed E-state index contributed by atoms with van der Waals surface area (Å²) in [6.45, 7) is 4.99. The Hall–Kier alpha value is -1.11. The van der Waals surface area contributed by atoms with Crippen molar-refractivity contribution in [1.29, 1.82) is 0 Å². The highest BCUT2D eigenvalue weighted by Crippen LogP contribution is 2.31. The molecular formula is C16H26N2O3S. The van der Waals surface area contributed by atoms with Crippen LogP contribution >= 0.6 is 0 Å². The second-order valence-corrected chi connectivity index (χ2v) is 8.09. The molecule has 0 amide bonds. The minimum absolute atomic E-state index is 0.279. The fraction of sp³-hybridized carbons (Fsp3) is 0.625. The van der Waals surface area contributed by atoms with Crippen LogP contribution in [0.5, 0.6) is 5.75 Å². The van der Waals surface area contributed by atoms with Gasteiger partial charge in [0.25, 0.3) is 0 Å². The van der Waals surface area contributed by atoms with Crippen molar-refractivity contribution < 1.29 is 13.2 Å². The van der Waals surface area contributed by atoms with Gasteiger partial charge < -0.3 is 9.64 Å². The second kappa shape index (κ2) is 6.56. The Kier molecular flexibility index (Phi) is 5.14. The molecule has 0 radical (unpaired) electrons. The molecule has 0 N–H and O–H groups in total. The summed E-state index contributed by atoms with van der Waals surface area (Å²) < 4.78 is 32.8. The molecule has 1 heterocycles. The second-order valence-electron chi connectivity index (χ2n) is 6.19. The average Bonchev–Trinajstić information content (AvgIpc) is 2.49. The molecule has 0 saturated carbocycles. The maximum atomic E-state index is 12.9. The summed E-state index contributed by atoms with van der Waals surface area (Å²) in [5.41, 5.74) is 1.99. The first kappa shape index (κ1) is 17.2. The lowest BCUT2D eigenvalue weighted by molar-refractivity contribution is 0.196. The van der Waals surface area contributed by atoms with E-state index in [2.05, 4.69) is 4.90 Å². The molecule has 1 aliphatic heterocycles. The molecule has 2 rings (SSSR count). The highest BCUT2D eigenvalue weighted by molar-refractivity contribution is 7.89. The number of piperidine rings is 1. The molecule has 1 aromatic carbocycles. The fourth-order valence-electron chi connectivity index (χ4n) is 2.86. The maximum Gasteiger partial charge on any atom is 0.246 e. The number of aryl methyl sites for hydroxylation is 2. The molecule has 0 aliphatic carbocycles. The van der Waals surface area contributed by atoms with Gasteiger partial charge in [-0.1, -0.05) is 0 Å². The number of benzene rings is 1. The van der Waals surface area contributed by atoms with Crippen LogP contribution < -0.4 is 4.74 Å². The van der Waals surface area contributed by atoms with Gasteiger partial charge in [-0.2, -0.15) is 4.31 Å². The molecular weight excluding hydrogens is 300 g/mol. The Balaban J connectivity index is 2.30. The number of nitrogens with zero attached hydrogens (tertiary/aromatic N) is 2. The van der Waals surface area contributed by atoms with Crippen LogP contribution in [-0.2, 0) is 10.0 Å². The summed E-state index contributed by atoms with van der Waals surface area (Å²) in [5.74, 6) is 0.429. The first-order chi connectivity index (χ1) is 10.3. The molecule has 1 aliphatic rings. The van der Waals surface area contributed by atoms with Gasteiger partial charge in [0.1, 0.15) is 10.6 Å². The van der Waals surface area contributed by atoms with E-state index < -0.39 is 10.0 Å². The van der Waals surface area contributed by atoms with Crippen LogP contribution in [0.2, 0.25) is 0 Å². The van der Waals surface area contributed by atoms with Crippen LogP contribution in [-0.4, -0.2) is 58.0 Å². The molecule has 1 aromatic rings. The molecule has 5 nitrogen and oxygen atoms in total. The molecule has 6 heteroatoms. The van der Waals surface area contributed by atoms with E-state index >= 15 is 0 Å². The van der Waals surface area contributed by atoms with Crippen LogP contribution in [0.3, 0.4) is 0 Å². The third-order valence-electron chi connectivity index (χ3n) is 4.55. The molecule has 0 atom stereocenters. The van der Waals surface area contributed by atoms with E-state index in [0.717, 1.165) is 24.0 Å². The van der Waals surface area contributed by atoms with Crippen molar-refractivity contribution in [3.8, 4) is 5.75 Å². The number of ether oxygens (including phenoxy) is 1. The number of sulfonamides is 1. The summed E-state index contributed by atoms with van der Waals surface area (Å²) in [7, 11) is 2.10. The highest BCUT2D eigenvalue weighted by atomic mass is 32.2. The molecule has 0 aromatic heterocycles. The van der Waals surface area contributed by atoms with Crippen molar-refractivity contribution >= 4 is 10.0 Å². The number of rotatable bonds is 4. The van der Waals surface area contributed by atoms with E-state index in [1.165, 1.54) is 7.11 Å². The SMILES string of the molecule is COc1cc(C)c(C)cc1S(=O)(=O)N1CCC(N(C)C)CC1. The Labute approximate surface area is 133 Å². The molecule has 0 spiro atoms. The van der Waals surface area contributed by atoms with Gasteiger partial charge in [-0.25, -0.2) is 8.42 Å². The smallest absolute Gasteiger partial charge is 0.246 e. The Bertz CT molecular complexity index is 633. The average molecular weight is 326 g/mol. The molecule has 124 valence electrons. The summed E-state index contributed by atoms with van der Waals surface area (Å²) in [4.78, 5) is 2.45. The zero-order chi connectivity index (χ0) is 16.5. The molecule has 0 bridgehead atoms. The van der Waals surface area contributed by atoms with Crippen molar-refractivity contribution in [2.45, 2.75) is 37.6 Å². The van der Waals surface area contributed by atoms with E-state index in [0.29, 0.717) is 24.9 Å². The predicted molar refractivity (Wildman–Crippen MR) is 87.9 cm³/mol. The topological polar surface area (TPSA) is 49.9 Å². The first-order valence-corrected chi connectivity index (χ1v) is 9.03. The van der Waals surface area contributed by atoms with Crippen molar-refractivity contribution in [3.05, 3.63) is 23.3 Å². The van der Waals surface area contributed by atoms with Crippen molar-refractivity contribution in [2.24, 2.45) is 0 Å². The van der Waals surface area contributed by atoms with E-state index in [9.17, 15) is 8.42 Å². The Morgan fingerprint density at radius 3 is 2.18 bits per heavy atom. The largest absolute Gasteiger partial charge is 0.495 e. The van der Waals surface area contributed by atoms with Gasteiger partial charge in [-0.15, -0.1) is 0 Å². The fourth-order valence-corrected chi connectivity index (χ4v) is 4.55. The number of hydrogen-bond acceptors (Lipinski definition) is 4. The summed E-state index contributed by atoms with van der Waals surface area (Å²) >= 11 is 0. The molecule has 0 unspecified atom stereocenters. The monoisotopic (exact) mass is 326 g/mol. The van der Waals surface area contributed by atoms with Gasteiger partial charge in [0, 0.05) is 19.1 Å². The van der Waals surface area contributed by atoms with Crippen molar-refractivity contribution in [1.82, 2.24) is 9.21 Å². The van der Waals surface area contributed by atoms with Gasteiger partial charge in [0.15, 0.2) is 0 Å². The summed E-state index contributed by atoms with van der Waals surface area (Å²) in [5, 5.41) is 0.